The number of nitrogens with zero attached hydrogens (tertiary/aromatic N) is 2. The zero-order valence-corrected chi connectivity index (χ0v) is 19.5. The Balaban J connectivity index is 1.47. The van der Waals surface area contributed by atoms with Crippen LogP contribution in [0.25, 0.3) is 22.2 Å². The summed E-state index contributed by atoms with van der Waals surface area (Å²) in [4.78, 5) is 21.8. The van der Waals surface area contributed by atoms with Crippen LogP contribution >= 0.6 is 11.3 Å². The molecule has 0 aliphatic rings. The largest absolute Gasteiger partial charge is 0.302 e. The number of rotatable bonds is 6. The first-order chi connectivity index (χ1) is 15.2. The smallest absolute Gasteiger partial charge is 0.230 e. The number of pyridine rings is 1. The molecule has 32 heavy (non-hydrogen) atoms. The second-order valence-electron chi connectivity index (χ2n) is 7.53. The number of fused-ring (bicyclic) bond motifs is 1. The Bertz CT molecular complexity index is 1410. The lowest BCUT2D eigenvalue weighted by Gasteiger charge is -2.12. The Hall–Kier alpha value is -3.30. The van der Waals surface area contributed by atoms with Gasteiger partial charge in [-0.05, 0) is 43.2 Å². The summed E-state index contributed by atoms with van der Waals surface area (Å²) in [6.07, 6.45) is 1.32. The van der Waals surface area contributed by atoms with E-state index < -0.39 is 10.0 Å². The number of aromatic nitrogens is 2. The molecule has 0 aliphatic carbocycles. The number of hydrogen-bond donors (Lipinski definition) is 2. The van der Waals surface area contributed by atoms with Crippen molar-refractivity contribution in [2.45, 2.75) is 20.3 Å². The molecule has 0 spiro atoms. The lowest BCUT2D eigenvalue weighted by molar-refractivity contribution is -0.115. The van der Waals surface area contributed by atoms with E-state index in [2.05, 4.69) is 20.0 Å². The minimum Gasteiger partial charge on any atom is -0.302 e. The van der Waals surface area contributed by atoms with E-state index in [4.69, 9.17) is 0 Å². The van der Waals surface area contributed by atoms with E-state index in [-0.39, 0.29) is 12.3 Å². The molecule has 2 aromatic carbocycles. The third-order valence-corrected chi connectivity index (χ3v) is 6.42. The molecule has 0 radical (unpaired) electrons. The van der Waals surface area contributed by atoms with Crippen molar-refractivity contribution >= 4 is 49.0 Å². The quantitative estimate of drug-likeness (QED) is 0.435. The topological polar surface area (TPSA) is 101 Å². The summed E-state index contributed by atoms with van der Waals surface area (Å²) in [5.74, 6) is -0.151. The number of anilines is 2. The van der Waals surface area contributed by atoms with Gasteiger partial charge in [0.15, 0.2) is 5.13 Å². The van der Waals surface area contributed by atoms with Gasteiger partial charge in [-0.15, -0.1) is 11.3 Å². The van der Waals surface area contributed by atoms with Crippen molar-refractivity contribution in [2.24, 2.45) is 0 Å². The molecule has 0 unspecified atom stereocenters. The van der Waals surface area contributed by atoms with E-state index in [0.717, 1.165) is 39.5 Å². The molecular weight excluding hydrogens is 444 g/mol. The average Bonchev–Trinajstić information content (AvgIpc) is 3.19. The van der Waals surface area contributed by atoms with E-state index in [0.29, 0.717) is 16.5 Å². The zero-order valence-electron chi connectivity index (χ0n) is 17.8. The van der Waals surface area contributed by atoms with Crippen LogP contribution in [0.5, 0.6) is 0 Å². The first-order valence-electron chi connectivity index (χ1n) is 9.88. The van der Waals surface area contributed by atoms with Gasteiger partial charge in [0, 0.05) is 27.7 Å². The molecule has 0 fully saturated rings. The summed E-state index contributed by atoms with van der Waals surface area (Å²) in [7, 11) is -3.32. The number of para-hydroxylation sites is 1. The fraction of sp³-hybridized carbons (Fsp3) is 0.174. The second kappa shape index (κ2) is 8.68. The van der Waals surface area contributed by atoms with Crippen LogP contribution in [0.1, 0.15) is 16.8 Å². The highest BCUT2D eigenvalue weighted by atomic mass is 32.2. The summed E-state index contributed by atoms with van der Waals surface area (Å²) >= 11 is 1.34. The van der Waals surface area contributed by atoms with E-state index in [1.54, 1.807) is 24.3 Å². The van der Waals surface area contributed by atoms with Gasteiger partial charge in [0.1, 0.15) is 0 Å². The van der Waals surface area contributed by atoms with Gasteiger partial charge >= 0.3 is 0 Å². The van der Waals surface area contributed by atoms with Crippen molar-refractivity contribution in [3.8, 4) is 11.3 Å². The van der Waals surface area contributed by atoms with Gasteiger partial charge in [-0.1, -0.05) is 30.3 Å². The number of benzene rings is 2. The van der Waals surface area contributed by atoms with Gasteiger partial charge in [0.25, 0.3) is 0 Å². The predicted octanol–water partition coefficient (Wildman–Crippen LogP) is 4.53. The van der Waals surface area contributed by atoms with Crippen molar-refractivity contribution in [2.75, 3.05) is 16.3 Å². The molecule has 0 atom stereocenters. The molecule has 4 rings (SSSR count). The number of hydrogen-bond acceptors (Lipinski definition) is 6. The highest BCUT2D eigenvalue weighted by Crippen LogP contribution is 2.27. The number of amides is 1. The molecule has 0 bridgehead atoms. The van der Waals surface area contributed by atoms with Crippen LogP contribution < -0.4 is 10.0 Å². The minimum atomic E-state index is -3.32. The lowest BCUT2D eigenvalue weighted by atomic mass is 9.99. The van der Waals surface area contributed by atoms with Crippen molar-refractivity contribution in [3.05, 3.63) is 70.7 Å². The van der Waals surface area contributed by atoms with E-state index in [1.165, 1.54) is 11.3 Å². The average molecular weight is 467 g/mol. The van der Waals surface area contributed by atoms with Crippen molar-refractivity contribution in [1.82, 2.24) is 9.97 Å². The monoisotopic (exact) mass is 466 g/mol. The fourth-order valence-electron chi connectivity index (χ4n) is 3.54. The molecule has 0 aliphatic heterocycles. The number of aryl methyl sites for hydroxylation is 2. The zero-order chi connectivity index (χ0) is 22.9. The third kappa shape index (κ3) is 4.95. The van der Waals surface area contributed by atoms with Gasteiger partial charge in [-0.2, -0.15) is 0 Å². The third-order valence-electron chi connectivity index (χ3n) is 5.06. The number of carbonyl (C=O) groups is 1. The van der Waals surface area contributed by atoms with Gasteiger partial charge in [-0.3, -0.25) is 14.5 Å². The van der Waals surface area contributed by atoms with E-state index >= 15 is 0 Å². The molecule has 0 saturated heterocycles. The van der Waals surface area contributed by atoms with Crippen LogP contribution in [0.2, 0.25) is 0 Å². The SMILES string of the molecule is Cc1nc2ccccc2c(C)c1CC(=O)Nc1nc(-c2ccc(NS(C)(=O)=O)cc2)cs1. The van der Waals surface area contributed by atoms with Crippen LogP contribution in [0.15, 0.2) is 53.9 Å². The Morgan fingerprint density at radius 1 is 1.03 bits per heavy atom. The molecule has 2 N–H and O–H groups in total. The van der Waals surface area contributed by atoms with Crippen LogP contribution in [0, 0.1) is 13.8 Å². The van der Waals surface area contributed by atoms with Gasteiger partial charge in [0.2, 0.25) is 15.9 Å². The second-order valence-corrected chi connectivity index (χ2v) is 10.1. The molecule has 0 saturated carbocycles. The number of nitrogens with one attached hydrogen (secondary N) is 2. The molecule has 4 aromatic rings. The Kier molecular flexibility index (Phi) is 5.94. The van der Waals surface area contributed by atoms with Gasteiger partial charge in [-0.25, -0.2) is 13.4 Å². The molecule has 1 amide bonds. The lowest BCUT2D eigenvalue weighted by Crippen LogP contribution is -2.16. The maximum atomic E-state index is 12.7. The van der Waals surface area contributed by atoms with Crippen LogP contribution in [0.4, 0.5) is 10.8 Å². The van der Waals surface area contributed by atoms with Crippen LogP contribution in [-0.2, 0) is 21.2 Å². The van der Waals surface area contributed by atoms with E-state index in [1.807, 2.05) is 43.5 Å². The standard InChI is InChI=1S/C23H22N4O3S2/c1-14-18-6-4-5-7-20(18)24-15(2)19(14)12-22(28)26-23-25-21(13-31-23)16-8-10-17(11-9-16)27-32(3,29)30/h4-11,13,27H,12H2,1-3H3,(H,25,26,28). The first-order valence-corrected chi connectivity index (χ1v) is 12.6. The normalized spacial score (nSPS) is 11.5. The summed E-state index contributed by atoms with van der Waals surface area (Å²) in [6, 6.07) is 14.8. The Morgan fingerprint density at radius 3 is 2.47 bits per heavy atom. The summed E-state index contributed by atoms with van der Waals surface area (Å²) < 4.78 is 25.1. The molecule has 2 aromatic heterocycles. The molecule has 2 heterocycles. The number of carbonyl (C=O) groups excluding carboxylic acids is 1. The molecule has 9 heteroatoms. The molecule has 7 nitrogen and oxygen atoms in total. The maximum Gasteiger partial charge on any atom is 0.230 e. The molecular formula is C23H22N4O3S2. The van der Waals surface area contributed by atoms with Crippen molar-refractivity contribution in [1.29, 1.82) is 0 Å². The maximum absolute atomic E-state index is 12.7. The van der Waals surface area contributed by atoms with E-state index in [9.17, 15) is 13.2 Å². The Labute approximate surface area is 190 Å². The number of thiazole rings is 1. The van der Waals surface area contributed by atoms with Crippen LogP contribution in [0.3, 0.4) is 0 Å². The first kappa shape index (κ1) is 21.9. The predicted molar refractivity (Wildman–Crippen MR) is 130 cm³/mol. The molecule has 164 valence electrons. The van der Waals surface area contributed by atoms with Gasteiger partial charge < -0.3 is 5.32 Å². The minimum absolute atomic E-state index is 0.151. The van der Waals surface area contributed by atoms with Gasteiger partial charge in [0.05, 0.1) is 23.9 Å². The summed E-state index contributed by atoms with van der Waals surface area (Å²) in [6.45, 7) is 3.94. The Morgan fingerprint density at radius 2 is 1.75 bits per heavy atom. The van der Waals surface area contributed by atoms with Crippen molar-refractivity contribution in [3.63, 3.8) is 0 Å². The highest BCUT2D eigenvalue weighted by molar-refractivity contribution is 7.92. The van der Waals surface area contributed by atoms with Crippen LogP contribution in [-0.4, -0.2) is 30.5 Å². The number of sulfonamides is 1. The summed E-state index contributed by atoms with van der Waals surface area (Å²) in [5, 5.41) is 6.28. The fourth-order valence-corrected chi connectivity index (χ4v) is 4.84. The highest BCUT2D eigenvalue weighted by Gasteiger charge is 2.15. The summed E-state index contributed by atoms with van der Waals surface area (Å²) in [5.41, 5.74) is 5.77. The van der Waals surface area contributed by atoms with Crippen molar-refractivity contribution < 1.29 is 13.2 Å².